The number of pyridine rings is 1. The highest BCUT2D eigenvalue weighted by Gasteiger charge is 2.20. The van der Waals surface area contributed by atoms with Gasteiger partial charge in [0.1, 0.15) is 12.0 Å². The molecule has 0 aliphatic carbocycles. The van der Waals surface area contributed by atoms with Crippen molar-refractivity contribution in [3.8, 4) is 0 Å². The molecular weight excluding hydrogens is 232 g/mol. The largest absolute Gasteiger partial charge is 0.359 e. The molecule has 0 aliphatic heterocycles. The number of anilines is 1. The summed E-state index contributed by atoms with van der Waals surface area (Å²) in [4.78, 5) is 16.4. The fraction of sp³-hybridized carbons (Fsp3) is 0.583. The molecule has 0 saturated heterocycles. The van der Waals surface area contributed by atoms with E-state index in [2.05, 4.69) is 18.8 Å². The molecule has 0 spiro atoms. The van der Waals surface area contributed by atoms with Crippen LogP contribution in [0.1, 0.15) is 19.4 Å². The Labute approximate surface area is 107 Å². The fourth-order valence-corrected chi connectivity index (χ4v) is 1.72. The van der Waals surface area contributed by atoms with Crippen molar-refractivity contribution in [1.82, 2.24) is 4.98 Å². The standard InChI is InChI=1S/C12H20N4O2/c1-9-5-11(14-6-10(9)16(17)18)15(4)8-12(2,3)7-13/h5-6H,7-8,13H2,1-4H3. The number of rotatable bonds is 5. The molecule has 100 valence electrons. The quantitative estimate of drug-likeness (QED) is 0.637. The van der Waals surface area contributed by atoms with E-state index < -0.39 is 4.92 Å². The number of nitrogens with zero attached hydrogens (tertiary/aromatic N) is 3. The van der Waals surface area contributed by atoms with E-state index in [1.807, 2.05) is 11.9 Å². The first-order valence-corrected chi connectivity index (χ1v) is 5.79. The minimum absolute atomic E-state index is 0.0217. The number of nitrogens with two attached hydrogens (primary N) is 1. The molecule has 0 aromatic carbocycles. The molecule has 6 nitrogen and oxygen atoms in total. The Morgan fingerprint density at radius 1 is 1.56 bits per heavy atom. The van der Waals surface area contributed by atoms with Gasteiger partial charge in [-0.2, -0.15) is 0 Å². The van der Waals surface area contributed by atoms with Gasteiger partial charge in [-0.05, 0) is 24.9 Å². The Morgan fingerprint density at radius 3 is 2.61 bits per heavy atom. The van der Waals surface area contributed by atoms with E-state index >= 15 is 0 Å². The Balaban J connectivity index is 2.91. The summed E-state index contributed by atoms with van der Waals surface area (Å²) in [5.74, 6) is 0.722. The van der Waals surface area contributed by atoms with Gasteiger partial charge in [-0.1, -0.05) is 13.8 Å². The highest BCUT2D eigenvalue weighted by Crippen LogP contribution is 2.23. The van der Waals surface area contributed by atoms with E-state index in [4.69, 9.17) is 5.73 Å². The lowest BCUT2D eigenvalue weighted by atomic mass is 9.93. The van der Waals surface area contributed by atoms with E-state index in [9.17, 15) is 10.1 Å². The lowest BCUT2D eigenvalue weighted by Crippen LogP contribution is -2.37. The molecule has 0 radical (unpaired) electrons. The van der Waals surface area contributed by atoms with E-state index in [-0.39, 0.29) is 11.1 Å². The van der Waals surface area contributed by atoms with Crippen molar-refractivity contribution in [2.24, 2.45) is 11.1 Å². The molecule has 0 unspecified atom stereocenters. The SMILES string of the molecule is Cc1cc(N(C)CC(C)(C)CN)ncc1[N+](=O)[O-]. The molecule has 1 aromatic heterocycles. The monoisotopic (exact) mass is 252 g/mol. The van der Waals surface area contributed by atoms with Gasteiger partial charge in [0.25, 0.3) is 5.69 Å². The second-order valence-electron chi connectivity index (χ2n) is 5.31. The average molecular weight is 252 g/mol. The predicted octanol–water partition coefficient (Wildman–Crippen LogP) is 1.72. The van der Waals surface area contributed by atoms with Gasteiger partial charge < -0.3 is 10.6 Å². The van der Waals surface area contributed by atoms with Crippen LogP contribution in [0.15, 0.2) is 12.3 Å². The second-order valence-corrected chi connectivity index (χ2v) is 5.31. The molecule has 0 bridgehead atoms. The average Bonchev–Trinajstić information content (AvgIpc) is 2.27. The third-order valence-electron chi connectivity index (χ3n) is 2.87. The smallest absolute Gasteiger partial charge is 0.290 e. The van der Waals surface area contributed by atoms with Crippen LogP contribution in [0.3, 0.4) is 0 Å². The van der Waals surface area contributed by atoms with Crippen molar-refractivity contribution in [3.05, 3.63) is 27.9 Å². The summed E-state index contributed by atoms with van der Waals surface area (Å²) in [6.07, 6.45) is 1.30. The third kappa shape index (κ3) is 3.40. The van der Waals surface area contributed by atoms with E-state index in [0.717, 1.165) is 12.4 Å². The van der Waals surface area contributed by atoms with Crippen molar-refractivity contribution in [2.45, 2.75) is 20.8 Å². The van der Waals surface area contributed by atoms with Gasteiger partial charge in [0.15, 0.2) is 0 Å². The minimum Gasteiger partial charge on any atom is -0.359 e. The normalized spacial score (nSPS) is 11.4. The van der Waals surface area contributed by atoms with Crippen LogP contribution in [0.5, 0.6) is 0 Å². The van der Waals surface area contributed by atoms with Crippen LogP contribution in [0, 0.1) is 22.5 Å². The minimum atomic E-state index is -0.421. The Kier molecular flexibility index (Phi) is 4.24. The first-order chi connectivity index (χ1) is 8.26. The molecule has 2 N–H and O–H groups in total. The molecule has 18 heavy (non-hydrogen) atoms. The van der Waals surface area contributed by atoms with E-state index in [1.165, 1.54) is 6.20 Å². The molecule has 1 aromatic rings. The highest BCUT2D eigenvalue weighted by molar-refractivity contribution is 5.48. The molecule has 0 saturated carbocycles. The van der Waals surface area contributed by atoms with Crippen molar-refractivity contribution >= 4 is 11.5 Å². The predicted molar refractivity (Wildman–Crippen MR) is 71.7 cm³/mol. The molecule has 6 heteroatoms. The van der Waals surface area contributed by atoms with Crippen molar-refractivity contribution in [1.29, 1.82) is 0 Å². The number of hydrogen-bond donors (Lipinski definition) is 1. The van der Waals surface area contributed by atoms with Gasteiger partial charge >= 0.3 is 0 Å². The number of aryl methyl sites for hydroxylation is 1. The maximum atomic E-state index is 10.7. The summed E-state index contributed by atoms with van der Waals surface area (Å²) in [6, 6.07) is 1.73. The summed E-state index contributed by atoms with van der Waals surface area (Å²) in [5, 5.41) is 10.7. The highest BCUT2D eigenvalue weighted by atomic mass is 16.6. The molecule has 1 heterocycles. The summed E-state index contributed by atoms with van der Waals surface area (Å²) in [7, 11) is 1.91. The summed E-state index contributed by atoms with van der Waals surface area (Å²) in [5.41, 5.74) is 6.33. The Morgan fingerprint density at radius 2 is 2.17 bits per heavy atom. The van der Waals surface area contributed by atoms with Crippen LogP contribution in [-0.2, 0) is 0 Å². The summed E-state index contributed by atoms with van der Waals surface area (Å²) < 4.78 is 0. The number of aromatic nitrogens is 1. The van der Waals surface area contributed by atoms with Gasteiger partial charge in [0.2, 0.25) is 0 Å². The third-order valence-corrected chi connectivity index (χ3v) is 2.87. The Hall–Kier alpha value is -1.69. The first kappa shape index (κ1) is 14.4. The zero-order chi connectivity index (χ0) is 13.9. The lowest BCUT2D eigenvalue weighted by molar-refractivity contribution is -0.385. The molecule has 0 atom stereocenters. The van der Waals surface area contributed by atoms with Gasteiger partial charge in [0, 0.05) is 19.2 Å². The van der Waals surface area contributed by atoms with Crippen molar-refractivity contribution in [3.63, 3.8) is 0 Å². The van der Waals surface area contributed by atoms with Gasteiger partial charge in [-0.3, -0.25) is 10.1 Å². The van der Waals surface area contributed by atoms with Gasteiger partial charge in [-0.15, -0.1) is 0 Å². The number of nitro groups is 1. The lowest BCUT2D eigenvalue weighted by Gasteiger charge is -2.29. The molecule has 1 rings (SSSR count). The number of hydrogen-bond acceptors (Lipinski definition) is 5. The zero-order valence-electron chi connectivity index (χ0n) is 11.3. The van der Waals surface area contributed by atoms with E-state index in [1.54, 1.807) is 13.0 Å². The zero-order valence-corrected chi connectivity index (χ0v) is 11.3. The van der Waals surface area contributed by atoms with Crippen molar-refractivity contribution < 1.29 is 4.92 Å². The van der Waals surface area contributed by atoms with Crippen molar-refractivity contribution in [2.75, 3.05) is 25.0 Å². The van der Waals surface area contributed by atoms with Crippen LogP contribution < -0.4 is 10.6 Å². The maximum Gasteiger partial charge on any atom is 0.290 e. The van der Waals surface area contributed by atoms with Crippen LogP contribution in [0.2, 0.25) is 0 Å². The van der Waals surface area contributed by atoms with Crippen LogP contribution in [0.4, 0.5) is 11.5 Å². The van der Waals surface area contributed by atoms with Crippen LogP contribution >= 0.6 is 0 Å². The molecule has 0 aliphatic rings. The molecule has 0 fully saturated rings. The van der Waals surface area contributed by atoms with Gasteiger partial charge in [0.05, 0.1) is 4.92 Å². The second kappa shape index (κ2) is 5.30. The molecule has 0 amide bonds. The van der Waals surface area contributed by atoms with Crippen LogP contribution in [0.25, 0.3) is 0 Å². The van der Waals surface area contributed by atoms with E-state index in [0.29, 0.717) is 12.1 Å². The summed E-state index contributed by atoms with van der Waals surface area (Å²) in [6.45, 7) is 7.17. The Bertz CT molecular complexity index is 446. The fourth-order valence-electron chi connectivity index (χ4n) is 1.72. The molecular formula is C12H20N4O2. The van der Waals surface area contributed by atoms with Crippen LogP contribution in [-0.4, -0.2) is 30.0 Å². The van der Waals surface area contributed by atoms with Gasteiger partial charge in [-0.25, -0.2) is 4.98 Å². The first-order valence-electron chi connectivity index (χ1n) is 5.79. The maximum absolute atomic E-state index is 10.7. The summed E-state index contributed by atoms with van der Waals surface area (Å²) >= 11 is 0. The topological polar surface area (TPSA) is 85.3 Å².